The molecule has 1 aromatic rings. The highest BCUT2D eigenvalue weighted by Crippen LogP contribution is 2.38. The fourth-order valence-corrected chi connectivity index (χ4v) is 9.78. The van der Waals surface area contributed by atoms with Gasteiger partial charge in [0, 0.05) is 12.4 Å². The van der Waals surface area contributed by atoms with Gasteiger partial charge in [-0.1, -0.05) is 6.07 Å². The van der Waals surface area contributed by atoms with Crippen molar-refractivity contribution in [2.45, 2.75) is 191 Å². The van der Waals surface area contributed by atoms with E-state index in [-0.39, 0.29) is 6.61 Å². The van der Waals surface area contributed by atoms with E-state index in [0.29, 0.717) is 5.56 Å². The fourth-order valence-electron chi connectivity index (χ4n) is 9.78. The van der Waals surface area contributed by atoms with Crippen molar-refractivity contribution in [2.24, 2.45) is 0 Å². The standard InChI is InChI=1S/C42H65NO30/c44-5-13-30-19(50)24(55)37(62-13)69-31-14(6-45)64-39(26(57)21(31)52)71-33-16(8-47)66-41(28(59)23(33)54)73-35-18(10-49)67-42(29(60)36(35)61-11-12-2-1-3-43-4-12)72-34-17(9-48)65-40(27(58)22(34)53)70-32-15(7-46)63-38(68-30)25(56)20(32)51/h1-4,13-42,44-60H,5-11H2/t13-,14-,15-,16-,17-,18-,19-,20-,21-,22-,23-,24-,25-,26-,27-,28-,29-,30-,31-,32-,33-,34-,35+,36-,37-,38-,39-,40-,41-,42-/m1/s1. The molecule has 30 atom stereocenters. The summed E-state index contributed by atoms with van der Waals surface area (Å²) in [6.07, 6.45) is -54.6. The van der Waals surface area contributed by atoms with Crippen molar-refractivity contribution in [2.75, 3.05) is 39.6 Å². The van der Waals surface area contributed by atoms with Crippen LogP contribution in [-0.2, 0) is 68.2 Å². The number of pyridine rings is 1. The highest BCUT2D eigenvalue weighted by atomic mass is 16.8. The summed E-state index contributed by atoms with van der Waals surface area (Å²) in [6, 6.07) is 3.19. The summed E-state index contributed by atoms with van der Waals surface area (Å²) in [4.78, 5) is 4.03. The Labute approximate surface area is 413 Å². The first-order chi connectivity index (χ1) is 35.0. The summed E-state index contributed by atoms with van der Waals surface area (Å²) < 4.78 is 75.7. The third kappa shape index (κ3) is 11.6. The first-order valence-corrected chi connectivity index (χ1v) is 23.5. The Balaban J connectivity index is 1.12. The highest BCUT2D eigenvalue weighted by molar-refractivity contribution is 5.08. The lowest BCUT2D eigenvalue weighted by Gasteiger charge is -2.51. The summed E-state index contributed by atoms with van der Waals surface area (Å²) in [5.41, 5.74) is 0.454. The van der Waals surface area contributed by atoms with Gasteiger partial charge < -0.3 is 148 Å². The maximum atomic E-state index is 11.9. The zero-order valence-electron chi connectivity index (χ0n) is 38.4. The SMILES string of the molecule is OC[C@H]1O[C@@H]2O[C@H]3[C@H](O)[C@@H](O)[C@@H](O[C@H]4[C@H](O)[C@@H](O)[C@@H](O[C@H]5[C@H](O)[C@@H](O)[C@@H](O[C@H]6[C@H](O)[C@@H](O)[C@@H](O[C@H]7[C@H](O)[C@@H](O)[C@@H](O[C@@H]1[C@H](OCc1cccnc1)[C@H]2O)O[C@@H]7CO)O[C@@H]6CO)O[C@@H]5CO)O[C@@H]4CO)O[C@@H]3CO. The van der Waals surface area contributed by atoms with E-state index in [1.165, 1.54) is 12.4 Å². The van der Waals surface area contributed by atoms with Crippen molar-refractivity contribution in [3.63, 3.8) is 0 Å². The van der Waals surface area contributed by atoms with Gasteiger partial charge in [0.15, 0.2) is 37.7 Å². The van der Waals surface area contributed by atoms with Crippen molar-refractivity contribution in [1.29, 1.82) is 0 Å². The van der Waals surface area contributed by atoms with Gasteiger partial charge in [0.05, 0.1) is 46.2 Å². The zero-order valence-corrected chi connectivity index (χ0v) is 38.4. The van der Waals surface area contributed by atoms with Crippen LogP contribution in [0.2, 0.25) is 0 Å². The molecule has 0 aromatic carbocycles. The molecule has 31 nitrogen and oxygen atoms in total. The van der Waals surface area contributed by atoms with Crippen LogP contribution in [0.4, 0.5) is 0 Å². The molecule has 22 aliphatic rings. The van der Waals surface area contributed by atoms with Gasteiger partial charge in [-0.25, -0.2) is 0 Å². The number of aromatic nitrogens is 1. The molecule has 0 spiro atoms. The molecule has 31 heteroatoms. The monoisotopic (exact) mass is 1060 g/mol. The molecule has 0 amide bonds. The fraction of sp³-hybridized carbons (Fsp3) is 0.881. The molecule has 22 fully saturated rings. The van der Waals surface area contributed by atoms with Crippen LogP contribution in [0.15, 0.2) is 24.5 Å². The molecule has 12 bridgehead atoms. The third-order valence-corrected chi connectivity index (χ3v) is 13.8. The van der Waals surface area contributed by atoms with Crippen LogP contribution in [0.25, 0.3) is 0 Å². The Morgan fingerprint density at radius 2 is 0.603 bits per heavy atom. The summed E-state index contributed by atoms with van der Waals surface area (Å²) in [6.45, 7) is -6.22. The molecule has 0 aliphatic carbocycles. The van der Waals surface area contributed by atoms with E-state index in [2.05, 4.69) is 4.98 Å². The number of aliphatic hydroxyl groups excluding tert-OH is 17. The maximum absolute atomic E-state index is 11.9. The second kappa shape index (κ2) is 24.7. The van der Waals surface area contributed by atoms with Gasteiger partial charge in [-0.05, 0) is 11.6 Å². The number of hydrogen-bond acceptors (Lipinski definition) is 31. The van der Waals surface area contributed by atoms with Gasteiger partial charge in [0.2, 0.25) is 0 Å². The van der Waals surface area contributed by atoms with Crippen LogP contribution < -0.4 is 0 Å². The molecule has 17 N–H and O–H groups in total. The average molecular weight is 1060 g/mol. The molecule has 22 saturated heterocycles. The smallest absolute Gasteiger partial charge is 0.187 e. The lowest BCUT2D eigenvalue weighted by atomic mass is 9.94. The lowest BCUT2D eigenvalue weighted by molar-refractivity contribution is -0.405. The van der Waals surface area contributed by atoms with Gasteiger partial charge in [-0.3, -0.25) is 4.98 Å². The van der Waals surface area contributed by atoms with E-state index in [0.717, 1.165) is 0 Å². The van der Waals surface area contributed by atoms with E-state index in [1.807, 2.05) is 0 Å². The number of aliphatic hydroxyl groups is 17. The molecule has 23 rings (SSSR count). The lowest BCUT2D eigenvalue weighted by Crippen LogP contribution is -2.69. The number of ether oxygens (including phenoxy) is 13. The zero-order chi connectivity index (χ0) is 52.6. The predicted molar refractivity (Wildman–Crippen MR) is 223 cm³/mol. The summed E-state index contributed by atoms with van der Waals surface area (Å²) in [7, 11) is 0. The first kappa shape index (κ1) is 57.1. The molecule has 73 heavy (non-hydrogen) atoms. The minimum atomic E-state index is -2.15. The average Bonchev–Trinajstić information content (AvgIpc) is 3.39. The summed E-state index contributed by atoms with van der Waals surface area (Å²) in [5, 5.41) is 188. The van der Waals surface area contributed by atoms with Crippen LogP contribution in [0.5, 0.6) is 0 Å². The van der Waals surface area contributed by atoms with Gasteiger partial charge >= 0.3 is 0 Å². The van der Waals surface area contributed by atoms with Crippen molar-refractivity contribution >= 4 is 0 Å². The Morgan fingerprint density at radius 3 is 0.863 bits per heavy atom. The van der Waals surface area contributed by atoms with Gasteiger partial charge in [-0.2, -0.15) is 0 Å². The second-order valence-corrected chi connectivity index (χ2v) is 18.5. The molecular formula is C42H65NO30. The molecule has 418 valence electrons. The minimum Gasteiger partial charge on any atom is -0.394 e. The predicted octanol–water partition coefficient (Wildman–Crippen LogP) is -11.4. The molecule has 22 aliphatic heterocycles. The van der Waals surface area contributed by atoms with E-state index < -0.39 is 224 Å². The summed E-state index contributed by atoms with van der Waals surface area (Å²) >= 11 is 0. The third-order valence-electron chi connectivity index (χ3n) is 13.8. The minimum absolute atomic E-state index is 0.304. The van der Waals surface area contributed by atoms with Crippen molar-refractivity contribution in [3.05, 3.63) is 30.1 Å². The molecular weight excluding hydrogens is 998 g/mol. The number of nitrogens with zero attached hydrogens (tertiary/aromatic N) is 1. The molecule has 0 radical (unpaired) electrons. The molecule has 1 aromatic heterocycles. The Bertz CT molecular complexity index is 1840. The van der Waals surface area contributed by atoms with Gasteiger partial charge in [-0.15, -0.1) is 0 Å². The van der Waals surface area contributed by atoms with Crippen LogP contribution in [-0.4, -0.2) is 316 Å². The van der Waals surface area contributed by atoms with Gasteiger partial charge in [0.25, 0.3) is 0 Å². The van der Waals surface area contributed by atoms with E-state index in [1.54, 1.807) is 12.1 Å². The second-order valence-electron chi connectivity index (χ2n) is 18.5. The van der Waals surface area contributed by atoms with Crippen molar-refractivity contribution in [1.82, 2.24) is 4.98 Å². The largest absolute Gasteiger partial charge is 0.394 e. The van der Waals surface area contributed by atoms with Crippen LogP contribution >= 0.6 is 0 Å². The number of rotatable bonds is 9. The van der Waals surface area contributed by atoms with Crippen molar-refractivity contribution in [3.8, 4) is 0 Å². The molecule has 0 saturated carbocycles. The Hall–Kier alpha value is -2.05. The first-order valence-electron chi connectivity index (χ1n) is 23.5. The van der Waals surface area contributed by atoms with Gasteiger partial charge in [0.1, 0.15) is 146 Å². The molecule has 0 unspecified atom stereocenters. The Kier molecular flexibility index (Phi) is 19.4. The van der Waals surface area contributed by atoms with Crippen molar-refractivity contribution < 1.29 is 148 Å². The van der Waals surface area contributed by atoms with Crippen LogP contribution in [0, 0.1) is 0 Å². The number of hydrogen-bond donors (Lipinski definition) is 17. The van der Waals surface area contributed by atoms with E-state index >= 15 is 0 Å². The highest BCUT2D eigenvalue weighted by Gasteiger charge is 2.59. The quantitative estimate of drug-likeness (QED) is 0.109. The van der Waals surface area contributed by atoms with E-state index in [4.69, 9.17) is 61.6 Å². The normalized spacial score (nSPS) is 51.1. The maximum Gasteiger partial charge on any atom is 0.187 e. The Morgan fingerprint density at radius 1 is 0.342 bits per heavy atom. The molecule has 23 heterocycles. The topological polar surface area (TPSA) is 477 Å². The van der Waals surface area contributed by atoms with Crippen LogP contribution in [0.3, 0.4) is 0 Å². The summed E-state index contributed by atoms with van der Waals surface area (Å²) in [5.74, 6) is 0. The van der Waals surface area contributed by atoms with Crippen LogP contribution in [0.1, 0.15) is 5.56 Å². The van der Waals surface area contributed by atoms with E-state index in [9.17, 15) is 86.8 Å².